The summed E-state index contributed by atoms with van der Waals surface area (Å²) in [4.78, 5) is 13.2. The van der Waals surface area contributed by atoms with Crippen molar-refractivity contribution in [2.24, 2.45) is 5.92 Å². The maximum atomic E-state index is 13.2. The summed E-state index contributed by atoms with van der Waals surface area (Å²) in [5.41, 5.74) is 3.00. The van der Waals surface area contributed by atoms with Crippen molar-refractivity contribution >= 4 is 5.78 Å². The summed E-state index contributed by atoms with van der Waals surface area (Å²) < 4.78 is 10.5. The van der Waals surface area contributed by atoms with Gasteiger partial charge in [-0.05, 0) is 48.2 Å². The number of ketones is 1. The van der Waals surface area contributed by atoms with Crippen molar-refractivity contribution in [1.82, 2.24) is 0 Å². The van der Waals surface area contributed by atoms with Gasteiger partial charge in [-0.2, -0.15) is 0 Å². The summed E-state index contributed by atoms with van der Waals surface area (Å²) in [5, 5.41) is 0. The van der Waals surface area contributed by atoms with Crippen molar-refractivity contribution in [2.45, 2.75) is 12.8 Å². The predicted molar refractivity (Wildman–Crippen MR) is 108 cm³/mol. The van der Waals surface area contributed by atoms with Gasteiger partial charge >= 0.3 is 0 Å². The van der Waals surface area contributed by atoms with Crippen LogP contribution in [-0.2, 0) is 12.8 Å². The van der Waals surface area contributed by atoms with Crippen LogP contribution in [0.25, 0.3) is 0 Å². The predicted octanol–water partition coefficient (Wildman–Crippen LogP) is 4.99. The fourth-order valence-corrected chi connectivity index (χ4v) is 3.19. The van der Waals surface area contributed by atoms with Gasteiger partial charge in [0.25, 0.3) is 0 Å². The van der Waals surface area contributed by atoms with Gasteiger partial charge in [-0.25, -0.2) is 0 Å². The van der Waals surface area contributed by atoms with Gasteiger partial charge in [0.15, 0.2) is 5.78 Å². The van der Waals surface area contributed by atoms with Gasteiger partial charge < -0.3 is 9.47 Å². The number of methoxy groups -OCH3 is 2. The second-order valence-corrected chi connectivity index (χ2v) is 6.53. The van der Waals surface area contributed by atoms with Crippen LogP contribution in [0.2, 0.25) is 0 Å². The van der Waals surface area contributed by atoms with E-state index in [2.05, 4.69) is 0 Å². The molecule has 0 aliphatic carbocycles. The van der Waals surface area contributed by atoms with E-state index in [9.17, 15) is 4.79 Å². The molecule has 0 fully saturated rings. The second-order valence-electron chi connectivity index (χ2n) is 6.53. The minimum atomic E-state index is -0.130. The second kappa shape index (κ2) is 9.04. The summed E-state index contributed by atoms with van der Waals surface area (Å²) in [6.45, 7) is 0. The standard InChI is InChI=1S/C24H24O3/c1-26-22-12-8-18(9-13-22)16-21(24(25)20-6-4-3-5-7-20)17-19-10-14-23(27-2)15-11-19/h3-15,21H,16-17H2,1-2H3. The van der Waals surface area contributed by atoms with Gasteiger partial charge in [0, 0.05) is 11.5 Å². The summed E-state index contributed by atoms with van der Waals surface area (Å²) in [6.07, 6.45) is 1.37. The smallest absolute Gasteiger partial charge is 0.166 e. The first-order chi connectivity index (χ1) is 13.2. The van der Waals surface area contributed by atoms with Crippen LogP contribution in [0.4, 0.5) is 0 Å². The molecular weight excluding hydrogens is 336 g/mol. The summed E-state index contributed by atoms with van der Waals surface area (Å²) >= 11 is 0. The zero-order valence-corrected chi connectivity index (χ0v) is 15.7. The van der Waals surface area contributed by atoms with Crippen LogP contribution < -0.4 is 9.47 Å². The van der Waals surface area contributed by atoms with Gasteiger partial charge in [-0.3, -0.25) is 4.79 Å². The Balaban J connectivity index is 1.83. The number of hydrogen-bond acceptors (Lipinski definition) is 3. The Morgan fingerprint density at radius 3 is 1.56 bits per heavy atom. The third kappa shape index (κ3) is 4.98. The van der Waals surface area contributed by atoms with Crippen LogP contribution in [-0.4, -0.2) is 20.0 Å². The summed E-state index contributed by atoms with van der Waals surface area (Å²) in [7, 11) is 3.31. The van der Waals surface area contributed by atoms with Crippen LogP contribution in [0.5, 0.6) is 11.5 Å². The lowest BCUT2D eigenvalue weighted by Crippen LogP contribution is -2.20. The van der Waals surface area contributed by atoms with Crippen molar-refractivity contribution in [1.29, 1.82) is 0 Å². The van der Waals surface area contributed by atoms with E-state index in [1.54, 1.807) is 14.2 Å². The van der Waals surface area contributed by atoms with Gasteiger partial charge in [-0.1, -0.05) is 54.6 Å². The molecule has 3 aromatic rings. The Morgan fingerprint density at radius 2 is 1.15 bits per heavy atom. The Labute approximate surface area is 160 Å². The quantitative estimate of drug-likeness (QED) is 0.531. The van der Waals surface area contributed by atoms with Gasteiger partial charge in [0.1, 0.15) is 11.5 Å². The molecule has 0 bridgehead atoms. The zero-order chi connectivity index (χ0) is 19.1. The maximum Gasteiger partial charge on any atom is 0.166 e. The highest BCUT2D eigenvalue weighted by atomic mass is 16.5. The molecule has 0 saturated heterocycles. The highest BCUT2D eigenvalue weighted by Gasteiger charge is 2.21. The third-order valence-corrected chi connectivity index (χ3v) is 4.71. The van der Waals surface area contributed by atoms with Crippen molar-refractivity contribution < 1.29 is 14.3 Å². The fourth-order valence-electron chi connectivity index (χ4n) is 3.19. The Hall–Kier alpha value is -3.07. The lowest BCUT2D eigenvalue weighted by Gasteiger charge is -2.17. The number of Topliss-reactive ketones (excluding diaryl/α,β-unsaturated/α-hetero) is 1. The van der Waals surface area contributed by atoms with Crippen LogP contribution in [0.15, 0.2) is 78.9 Å². The molecule has 0 unspecified atom stereocenters. The largest absolute Gasteiger partial charge is 0.497 e. The molecule has 0 spiro atoms. The minimum Gasteiger partial charge on any atom is -0.497 e. The number of carbonyl (C=O) groups excluding carboxylic acids is 1. The number of ether oxygens (including phenoxy) is 2. The number of hydrogen-bond donors (Lipinski definition) is 0. The molecule has 0 saturated carbocycles. The number of benzene rings is 3. The Morgan fingerprint density at radius 1 is 0.704 bits per heavy atom. The molecule has 0 amide bonds. The van der Waals surface area contributed by atoms with Gasteiger partial charge in [-0.15, -0.1) is 0 Å². The van der Waals surface area contributed by atoms with Crippen molar-refractivity contribution in [3.8, 4) is 11.5 Å². The summed E-state index contributed by atoms with van der Waals surface area (Å²) in [5.74, 6) is 1.68. The molecule has 3 nitrogen and oxygen atoms in total. The average molecular weight is 360 g/mol. The molecule has 0 aromatic heterocycles. The monoisotopic (exact) mass is 360 g/mol. The maximum absolute atomic E-state index is 13.2. The molecule has 0 N–H and O–H groups in total. The first-order valence-electron chi connectivity index (χ1n) is 9.04. The molecule has 3 heteroatoms. The molecule has 0 atom stereocenters. The van der Waals surface area contributed by atoms with Crippen LogP contribution >= 0.6 is 0 Å². The van der Waals surface area contributed by atoms with E-state index in [1.807, 2.05) is 78.9 Å². The van der Waals surface area contributed by atoms with Crippen LogP contribution in [0, 0.1) is 5.92 Å². The normalized spacial score (nSPS) is 10.6. The van der Waals surface area contributed by atoms with E-state index < -0.39 is 0 Å². The van der Waals surface area contributed by atoms with E-state index in [0.717, 1.165) is 28.2 Å². The Kier molecular flexibility index (Phi) is 6.26. The lowest BCUT2D eigenvalue weighted by molar-refractivity contribution is 0.0918. The van der Waals surface area contributed by atoms with Gasteiger partial charge in [0.05, 0.1) is 14.2 Å². The van der Waals surface area contributed by atoms with E-state index in [0.29, 0.717) is 12.8 Å². The van der Waals surface area contributed by atoms with Crippen LogP contribution in [0.1, 0.15) is 21.5 Å². The number of rotatable bonds is 8. The van der Waals surface area contributed by atoms with Crippen molar-refractivity contribution in [3.63, 3.8) is 0 Å². The topological polar surface area (TPSA) is 35.5 Å². The first-order valence-corrected chi connectivity index (χ1v) is 9.04. The molecule has 3 aromatic carbocycles. The third-order valence-electron chi connectivity index (χ3n) is 4.71. The molecule has 3 rings (SSSR count). The van der Waals surface area contributed by atoms with Crippen molar-refractivity contribution in [2.75, 3.05) is 14.2 Å². The lowest BCUT2D eigenvalue weighted by atomic mass is 9.86. The molecule has 138 valence electrons. The fraction of sp³-hybridized carbons (Fsp3) is 0.208. The van der Waals surface area contributed by atoms with E-state index >= 15 is 0 Å². The van der Waals surface area contributed by atoms with E-state index in [4.69, 9.17) is 9.47 Å². The molecule has 0 radical (unpaired) electrons. The SMILES string of the molecule is COc1ccc(CC(Cc2ccc(OC)cc2)C(=O)c2ccccc2)cc1. The zero-order valence-electron chi connectivity index (χ0n) is 15.7. The van der Waals surface area contributed by atoms with E-state index in [1.165, 1.54) is 0 Å². The van der Waals surface area contributed by atoms with Crippen molar-refractivity contribution in [3.05, 3.63) is 95.6 Å². The molecule has 0 aliphatic rings. The Bertz CT molecular complexity index is 803. The van der Waals surface area contributed by atoms with E-state index in [-0.39, 0.29) is 11.7 Å². The first kappa shape index (κ1) is 18.7. The molecule has 0 aliphatic heterocycles. The molecular formula is C24H24O3. The summed E-state index contributed by atoms with van der Waals surface area (Å²) in [6, 6.07) is 25.4. The van der Waals surface area contributed by atoms with Crippen LogP contribution in [0.3, 0.4) is 0 Å². The number of carbonyl (C=O) groups is 1. The molecule has 27 heavy (non-hydrogen) atoms. The van der Waals surface area contributed by atoms with Gasteiger partial charge in [0.2, 0.25) is 0 Å². The average Bonchev–Trinajstić information content (AvgIpc) is 2.74. The highest BCUT2D eigenvalue weighted by molar-refractivity contribution is 5.98. The highest BCUT2D eigenvalue weighted by Crippen LogP contribution is 2.22. The minimum absolute atomic E-state index is 0.130. The molecule has 0 heterocycles.